The van der Waals surface area contributed by atoms with Gasteiger partial charge in [0.05, 0.1) is 19.6 Å². The van der Waals surface area contributed by atoms with E-state index < -0.39 is 0 Å². The highest BCUT2D eigenvalue weighted by Gasteiger charge is 2.26. The Morgan fingerprint density at radius 1 is 1.60 bits per heavy atom. The van der Waals surface area contributed by atoms with E-state index in [1.165, 1.54) is 7.11 Å². The average molecular weight is 215 g/mol. The molecule has 0 aromatic heterocycles. The Hall–Kier alpha value is -0.610. The molecule has 15 heavy (non-hydrogen) atoms. The van der Waals surface area contributed by atoms with Crippen LogP contribution < -0.4 is 0 Å². The molecular weight excluding hydrogens is 194 g/mol. The van der Waals surface area contributed by atoms with Gasteiger partial charge in [0, 0.05) is 19.6 Å². The maximum Gasteiger partial charge on any atom is 0.306 e. The summed E-state index contributed by atoms with van der Waals surface area (Å²) in [6, 6.07) is 0. The predicted octanol–water partition coefficient (Wildman–Crippen LogP) is 0.642. The quantitative estimate of drug-likeness (QED) is 0.699. The minimum atomic E-state index is -0.163. The molecule has 1 saturated heterocycles. The third kappa shape index (κ3) is 3.80. The molecule has 0 radical (unpaired) electrons. The number of carbonyl (C=O) groups excluding carboxylic acids is 1. The van der Waals surface area contributed by atoms with Crippen LogP contribution >= 0.6 is 0 Å². The van der Waals surface area contributed by atoms with Gasteiger partial charge in [-0.1, -0.05) is 6.92 Å². The largest absolute Gasteiger partial charge is 0.469 e. The van der Waals surface area contributed by atoms with Crippen LogP contribution in [0.1, 0.15) is 26.2 Å². The minimum Gasteiger partial charge on any atom is -0.469 e. The maximum atomic E-state index is 11.0. The molecular formula is C11H21NO3. The van der Waals surface area contributed by atoms with E-state index in [0.29, 0.717) is 12.3 Å². The number of rotatable bonds is 4. The van der Waals surface area contributed by atoms with Crippen LogP contribution in [-0.2, 0) is 9.53 Å². The van der Waals surface area contributed by atoms with Gasteiger partial charge < -0.3 is 14.7 Å². The molecule has 1 fully saturated rings. The number of hydrogen-bond acceptors (Lipinski definition) is 4. The van der Waals surface area contributed by atoms with E-state index in [4.69, 9.17) is 0 Å². The summed E-state index contributed by atoms with van der Waals surface area (Å²) >= 11 is 0. The van der Waals surface area contributed by atoms with E-state index in [-0.39, 0.29) is 12.1 Å². The van der Waals surface area contributed by atoms with Crippen LogP contribution in [0.15, 0.2) is 0 Å². The van der Waals surface area contributed by atoms with E-state index in [2.05, 4.69) is 16.6 Å². The molecule has 0 bridgehead atoms. The number of nitrogens with zero attached hydrogens (tertiary/aromatic N) is 1. The van der Waals surface area contributed by atoms with Crippen molar-refractivity contribution in [3.8, 4) is 0 Å². The highest BCUT2D eigenvalue weighted by Crippen LogP contribution is 2.19. The highest BCUT2D eigenvalue weighted by molar-refractivity contribution is 5.69. The standard InChI is InChI=1S/C11H21NO3/c1-3-9-8-12(6-4-10(9)13)7-5-11(14)15-2/h9-10,13H,3-8H2,1-2H3. The topological polar surface area (TPSA) is 49.8 Å². The van der Waals surface area contributed by atoms with Gasteiger partial charge in [0.15, 0.2) is 0 Å². The van der Waals surface area contributed by atoms with Gasteiger partial charge >= 0.3 is 5.97 Å². The zero-order valence-corrected chi connectivity index (χ0v) is 9.61. The fourth-order valence-electron chi connectivity index (χ4n) is 2.05. The average Bonchev–Trinajstić information content (AvgIpc) is 2.27. The van der Waals surface area contributed by atoms with Crippen LogP contribution in [0.5, 0.6) is 0 Å². The minimum absolute atomic E-state index is 0.158. The fraction of sp³-hybridized carbons (Fsp3) is 0.909. The third-order valence-corrected chi connectivity index (χ3v) is 3.16. The Labute approximate surface area is 91.2 Å². The lowest BCUT2D eigenvalue weighted by atomic mass is 9.92. The summed E-state index contributed by atoms with van der Waals surface area (Å²) in [5.41, 5.74) is 0. The zero-order chi connectivity index (χ0) is 11.3. The molecule has 2 unspecified atom stereocenters. The van der Waals surface area contributed by atoms with Crippen LogP contribution in [0, 0.1) is 5.92 Å². The number of ether oxygens (including phenoxy) is 1. The van der Waals surface area contributed by atoms with Gasteiger partial charge in [0.2, 0.25) is 0 Å². The lowest BCUT2D eigenvalue weighted by Gasteiger charge is -2.35. The van der Waals surface area contributed by atoms with Crippen LogP contribution in [-0.4, -0.2) is 48.8 Å². The smallest absolute Gasteiger partial charge is 0.306 e. The lowest BCUT2D eigenvalue weighted by Crippen LogP contribution is -2.43. The molecule has 4 nitrogen and oxygen atoms in total. The van der Waals surface area contributed by atoms with Crippen molar-refractivity contribution in [1.82, 2.24) is 4.90 Å². The second-order valence-corrected chi connectivity index (χ2v) is 4.15. The number of aliphatic hydroxyl groups is 1. The first-order chi connectivity index (χ1) is 7.17. The Kier molecular flexibility index (Phi) is 5.05. The molecule has 0 spiro atoms. The van der Waals surface area contributed by atoms with Crippen molar-refractivity contribution in [1.29, 1.82) is 0 Å². The molecule has 0 aromatic rings. The first kappa shape index (κ1) is 12.5. The Morgan fingerprint density at radius 3 is 2.93 bits per heavy atom. The van der Waals surface area contributed by atoms with Crippen molar-refractivity contribution in [3.05, 3.63) is 0 Å². The van der Waals surface area contributed by atoms with Crippen molar-refractivity contribution >= 4 is 5.97 Å². The van der Waals surface area contributed by atoms with E-state index in [1.54, 1.807) is 0 Å². The molecule has 1 aliphatic rings. The number of hydrogen-bond donors (Lipinski definition) is 1. The summed E-state index contributed by atoms with van der Waals surface area (Å²) < 4.78 is 4.60. The molecule has 1 rings (SSSR count). The van der Waals surface area contributed by atoms with Crippen molar-refractivity contribution < 1.29 is 14.6 Å². The van der Waals surface area contributed by atoms with Crippen LogP contribution in [0.3, 0.4) is 0 Å². The molecule has 88 valence electrons. The number of methoxy groups -OCH3 is 1. The second kappa shape index (κ2) is 6.08. The number of esters is 1. The van der Waals surface area contributed by atoms with E-state index in [0.717, 1.165) is 32.5 Å². The molecule has 4 heteroatoms. The molecule has 1 N–H and O–H groups in total. The SMILES string of the molecule is CCC1CN(CCC(=O)OC)CCC1O. The monoisotopic (exact) mass is 215 g/mol. The van der Waals surface area contributed by atoms with E-state index >= 15 is 0 Å². The van der Waals surface area contributed by atoms with Crippen LogP contribution in [0.4, 0.5) is 0 Å². The predicted molar refractivity (Wildman–Crippen MR) is 57.5 cm³/mol. The first-order valence-electron chi connectivity index (χ1n) is 5.64. The second-order valence-electron chi connectivity index (χ2n) is 4.15. The summed E-state index contributed by atoms with van der Waals surface area (Å²) in [4.78, 5) is 13.2. The van der Waals surface area contributed by atoms with E-state index in [1.807, 2.05) is 0 Å². The first-order valence-corrected chi connectivity index (χ1v) is 5.64. The van der Waals surface area contributed by atoms with Crippen molar-refractivity contribution in [2.45, 2.75) is 32.3 Å². The number of piperidine rings is 1. The van der Waals surface area contributed by atoms with Crippen molar-refractivity contribution in [2.75, 3.05) is 26.7 Å². The van der Waals surface area contributed by atoms with Gasteiger partial charge in [0.1, 0.15) is 0 Å². The van der Waals surface area contributed by atoms with Gasteiger partial charge in [-0.25, -0.2) is 0 Å². The third-order valence-electron chi connectivity index (χ3n) is 3.16. The van der Waals surface area contributed by atoms with Gasteiger partial charge in [-0.3, -0.25) is 4.79 Å². The molecule has 2 atom stereocenters. The Balaban J connectivity index is 2.29. The number of likely N-dealkylation sites (tertiary alicyclic amines) is 1. The molecule has 0 amide bonds. The fourth-order valence-corrected chi connectivity index (χ4v) is 2.05. The van der Waals surface area contributed by atoms with Crippen molar-refractivity contribution in [2.24, 2.45) is 5.92 Å². The summed E-state index contributed by atoms with van der Waals surface area (Å²) in [6.07, 6.45) is 2.10. The van der Waals surface area contributed by atoms with Crippen LogP contribution in [0.25, 0.3) is 0 Å². The van der Waals surface area contributed by atoms with E-state index in [9.17, 15) is 9.90 Å². The summed E-state index contributed by atoms with van der Waals surface area (Å²) in [5.74, 6) is 0.200. The lowest BCUT2D eigenvalue weighted by molar-refractivity contribution is -0.141. The van der Waals surface area contributed by atoms with Crippen molar-refractivity contribution in [3.63, 3.8) is 0 Å². The summed E-state index contributed by atoms with van der Waals surface area (Å²) in [6.45, 7) is 4.62. The molecule has 0 saturated carbocycles. The normalized spacial score (nSPS) is 27.7. The van der Waals surface area contributed by atoms with Gasteiger partial charge in [-0.05, 0) is 18.8 Å². The molecule has 0 aliphatic carbocycles. The summed E-state index contributed by atoms with van der Waals surface area (Å²) in [7, 11) is 1.41. The molecule has 1 aliphatic heterocycles. The van der Waals surface area contributed by atoms with Gasteiger partial charge in [-0.2, -0.15) is 0 Å². The summed E-state index contributed by atoms with van der Waals surface area (Å²) in [5, 5.41) is 9.69. The molecule has 0 aromatic carbocycles. The number of aliphatic hydroxyl groups excluding tert-OH is 1. The Morgan fingerprint density at radius 2 is 2.33 bits per heavy atom. The van der Waals surface area contributed by atoms with Gasteiger partial charge in [0.25, 0.3) is 0 Å². The number of carbonyl (C=O) groups is 1. The van der Waals surface area contributed by atoms with Crippen LogP contribution in [0.2, 0.25) is 0 Å². The van der Waals surface area contributed by atoms with Gasteiger partial charge in [-0.15, -0.1) is 0 Å². The molecule has 1 heterocycles. The zero-order valence-electron chi connectivity index (χ0n) is 9.61. The highest BCUT2D eigenvalue weighted by atomic mass is 16.5. The maximum absolute atomic E-state index is 11.0. The Bertz CT molecular complexity index is 208.